The number of hydrogen-bond acceptors (Lipinski definition) is 6. The molecule has 0 radical (unpaired) electrons. The molecule has 1 amide bonds. The number of benzene rings is 1. The molecule has 0 spiro atoms. The highest BCUT2D eigenvalue weighted by Gasteiger charge is 2.42. The van der Waals surface area contributed by atoms with E-state index in [0.717, 1.165) is 11.5 Å². The van der Waals surface area contributed by atoms with E-state index >= 15 is 0 Å². The lowest BCUT2D eigenvalue weighted by atomic mass is 9.91. The summed E-state index contributed by atoms with van der Waals surface area (Å²) in [4.78, 5) is 11.9. The third-order valence-electron chi connectivity index (χ3n) is 4.38. The molecule has 7 heteroatoms. The van der Waals surface area contributed by atoms with Gasteiger partial charge in [0.15, 0.2) is 11.5 Å². The van der Waals surface area contributed by atoms with Gasteiger partial charge in [0, 0.05) is 17.2 Å². The number of amides is 1. The van der Waals surface area contributed by atoms with Crippen LogP contribution in [0.5, 0.6) is 11.5 Å². The van der Waals surface area contributed by atoms with E-state index in [2.05, 4.69) is 35.2 Å². The molecule has 2 fully saturated rings. The third-order valence-corrected chi connectivity index (χ3v) is 5.76. The van der Waals surface area contributed by atoms with Crippen molar-refractivity contribution in [1.82, 2.24) is 16.2 Å². The Kier molecular flexibility index (Phi) is 3.63. The van der Waals surface area contributed by atoms with E-state index in [-0.39, 0.29) is 29.3 Å². The van der Waals surface area contributed by atoms with E-state index in [1.54, 1.807) is 11.8 Å². The Morgan fingerprint density at radius 3 is 2.86 bits per heavy atom. The van der Waals surface area contributed by atoms with Crippen molar-refractivity contribution in [2.75, 3.05) is 19.0 Å². The standard InChI is InChI=1S/C15H19N3O3S/c1-8-13-14(22-7-12(19)16-15(13)18-17-8)9-2-3-10-11(6-9)21-5-4-20-10/h2-3,6,8,13-15,17-18H,4-5,7H2,1H3,(H,16,19). The second-order valence-corrected chi connectivity index (χ2v) is 6.96. The van der Waals surface area contributed by atoms with Crippen molar-refractivity contribution in [3.63, 3.8) is 0 Å². The zero-order valence-electron chi connectivity index (χ0n) is 12.3. The monoisotopic (exact) mass is 321 g/mol. The van der Waals surface area contributed by atoms with Gasteiger partial charge in [-0.1, -0.05) is 6.07 Å². The summed E-state index contributed by atoms with van der Waals surface area (Å²) in [5.41, 5.74) is 7.61. The first kappa shape index (κ1) is 14.2. The van der Waals surface area contributed by atoms with Gasteiger partial charge in [0.05, 0.1) is 11.9 Å². The first-order chi connectivity index (χ1) is 10.7. The summed E-state index contributed by atoms with van der Waals surface area (Å²) in [6, 6.07) is 6.39. The van der Waals surface area contributed by atoms with Crippen LogP contribution in [0.3, 0.4) is 0 Å². The maximum atomic E-state index is 11.9. The highest BCUT2D eigenvalue weighted by Crippen LogP contribution is 2.44. The van der Waals surface area contributed by atoms with E-state index in [1.165, 1.54) is 5.56 Å². The second-order valence-electron chi connectivity index (χ2n) is 5.83. The average Bonchev–Trinajstić information content (AvgIpc) is 2.79. The van der Waals surface area contributed by atoms with Crippen molar-refractivity contribution < 1.29 is 14.3 Å². The average molecular weight is 321 g/mol. The summed E-state index contributed by atoms with van der Waals surface area (Å²) in [6.07, 6.45) is -0.0456. The van der Waals surface area contributed by atoms with Crippen LogP contribution in [-0.2, 0) is 4.79 Å². The molecule has 4 rings (SSSR count). The number of carbonyl (C=O) groups excluding carboxylic acids is 1. The number of hydrogen-bond donors (Lipinski definition) is 3. The molecule has 118 valence electrons. The van der Waals surface area contributed by atoms with Crippen molar-refractivity contribution >= 4 is 17.7 Å². The molecule has 0 aliphatic carbocycles. The van der Waals surface area contributed by atoms with Crippen LogP contribution in [0, 0.1) is 5.92 Å². The van der Waals surface area contributed by atoms with Crippen molar-refractivity contribution in [2.45, 2.75) is 24.4 Å². The molecule has 0 aromatic heterocycles. The fourth-order valence-electron chi connectivity index (χ4n) is 3.32. The number of thioether (sulfide) groups is 1. The molecule has 1 aromatic rings. The predicted octanol–water partition coefficient (Wildman–Crippen LogP) is 0.800. The van der Waals surface area contributed by atoms with Crippen LogP contribution >= 0.6 is 11.8 Å². The Bertz CT molecular complexity index is 597. The van der Waals surface area contributed by atoms with Gasteiger partial charge >= 0.3 is 0 Å². The van der Waals surface area contributed by atoms with Gasteiger partial charge in [0.2, 0.25) is 5.91 Å². The van der Waals surface area contributed by atoms with Gasteiger partial charge in [-0.3, -0.25) is 10.2 Å². The zero-order chi connectivity index (χ0) is 15.1. The van der Waals surface area contributed by atoms with E-state index in [9.17, 15) is 4.79 Å². The van der Waals surface area contributed by atoms with Crippen LogP contribution < -0.4 is 25.6 Å². The molecule has 6 nitrogen and oxygen atoms in total. The van der Waals surface area contributed by atoms with Gasteiger partial charge in [-0.15, -0.1) is 11.8 Å². The number of hydrazine groups is 1. The predicted molar refractivity (Wildman–Crippen MR) is 83.8 cm³/mol. The number of fused-ring (bicyclic) bond motifs is 2. The van der Waals surface area contributed by atoms with Crippen LogP contribution in [0.15, 0.2) is 18.2 Å². The van der Waals surface area contributed by atoms with Crippen molar-refractivity contribution in [3.05, 3.63) is 23.8 Å². The molecule has 4 atom stereocenters. The van der Waals surface area contributed by atoms with E-state index in [4.69, 9.17) is 9.47 Å². The maximum Gasteiger partial charge on any atom is 0.231 e. The smallest absolute Gasteiger partial charge is 0.231 e. The van der Waals surface area contributed by atoms with Crippen molar-refractivity contribution in [2.24, 2.45) is 5.92 Å². The number of ether oxygens (including phenoxy) is 2. The minimum atomic E-state index is -0.0456. The van der Waals surface area contributed by atoms with Crippen LogP contribution in [-0.4, -0.2) is 37.1 Å². The van der Waals surface area contributed by atoms with E-state index < -0.39 is 0 Å². The molecule has 3 N–H and O–H groups in total. The van der Waals surface area contributed by atoms with Crippen molar-refractivity contribution in [3.8, 4) is 11.5 Å². The fraction of sp³-hybridized carbons (Fsp3) is 0.533. The molecule has 0 saturated carbocycles. The highest BCUT2D eigenvalue weighted by molar-refractivity contribution is 8.00. The second kappa shape index (κ2) is 5.64. The fourth-order valence-corrected chi connectivity index (χ4v) is 4.69. The molecule has 2 saturated heterocycles. The third kappa shape index (κ3) is 2.43. The molecule has 22 heavy (non-hydrogen) atoms. The Labute approximate surface area is 133 Å². The molecule has 0 bridgehead atoms. The normalized spacial score (nSPS) is 33.8. The summed E-state index contributed by atoms with van der Waals surface area (Å²) in [5, 5.41) is 3.26. The molecular formula is C15H19N3O3S. The van der Waals surface area contributed by atoms with E-state index in [0.29, 0.717) is 19.0 Å². The van der Waals surface area contributed by atoms with E-state index in [1.807, 2.05) is 6.07 Å². The molecule has 1 aromatic carbocycles. The zero-order valence-corrected chi connectivity index (χ0v) is 13.1. The summed E-state index contributed by atoms with van der Waals surface area (Å²) in [6.45, 7) is 3.32. The topological polar surface area (TPSA) is 71.6 Å². The summed E-state index contributed by atoms with van der Waals surface area (Å²) >= 11 is 1.69. The van der Waals surface area contributed by atoms with Crippen molar-refractivity contribution in [1.29, 1.82) is 0 Å². The quantitative estimate of drug-likeness (QED) is 0.711. The van der Waals surface area contributed by atoms with Gasteiger partial charge in [0.1, 0.15) is 13.2 Å². The van der Waals surface area contributed by atoms with Gasteiger partial charge in [0.25, 0.3) is 0 Å². The Hall–Kier alpha value is -1.44. The molecule has 3 aliphatic rings. The minimum Gasteiger partial charge on any atom is -0.486 e. The molecule has 4 unspecified atom stereocenters. The highest BCUT2D eigenvalue weighted by atomic mass is 32.2. The maximum absolute atomic E-state index is 11.9. The molecule has 3 aliphatic heterocycles. The largest absolute Gasteiger partial charge is 0.486 e. The first-order valence-corrected chi connectivity index (χ1v) is 8.59. The van der Waals surface area contributed by atoms with Crippen LogP contribution in [0.4, 0.5) is 0 Å². The first-order valence-electron chi connectivity index (χ1n) is 7.54. The minimum absolute atomic E-state index is 0.0456. The Morgan fingerprint density at radius 2 is 2.00 bits per heavy atom. The summed E-state index contributed by atoms with van der Waals surface area (Å²) < 4.78 is 11.3. The lowest BCUT2D eigenvalue weighted by Crippen LogP contribution is -2.46. The Balaban J connectivity index is 1.68. The number of nitrogens with one attached hydrogen (secondary N) is 3. The summed E-state index contributed by atoms with van der Waals surface area (Å²) in [5.74, 6) is 2.43. The van der Waals surface area contributed by atoms with Gasteiger partial charge in [-0.2, -0.15) is 0 Å². The molecular weight excluding hydrogens is 302 g/mol. The lowest BCUT2D eigenvalue weighted by molar-refractivity contribution is -0.119. The number of rotatable bonds is 1. The summed E-state index contributed by atoms with van der Waals surface area (Å²) in [7, 11) is 0. The lowest BCUT2D eigenvalue weighted by Gasteiger charge is -2.28. The van der Waals surface area contributed by atoms with Gasteiger partial charge < -0.3 is 14.8 Å². The number of carbonyl (C=O) groups is 1. The SMILES string of the molecule is CC1NNC2NC(=O)CSC(c3ccc4c(c3)OCCO4)C12. The Morgan fingerprint density at radius 1 is 1.18 bits per heavy atom. The van der Waals surface area contributed by atoms with Gasteiger partial charge in [-0.05, 0) is 24.6 Å². The van der Waals surface area contributed by atoms with Crippen LogP contribution in [0.1, 0.15) is 17.7 Å². The molecule has 3 heterocycles. The van der Waals surface area contributed by atoms with Gasteiger partial charge in [-0.25, -0.2) is 5.43 Å². The van der Waals surface area contributed by atoms with Crippen LogP contribution in [0.2, 0.25) is 0 Å². The van der Waals surface area contributed by atoms with Crippen LogP contribution in [0.25, 0.3) is 0 Å².